The third kappa shape index (κ3) is 7.13. The van der Waals surface area contributed by atoms with Crippen LogP contribution in [-0.2, 0) is 11.3 Å². The van der Waals surface area contributed by atoms with Gasteiger partial charge >= 0.3 is 0 Å². The number of halogens is 4. The number of hydrogen-bond donors (Lipinski definition) is 2. The minimum atomic E-state index is -0.420. The molecule has 7 nitrogen and oxygen atoms in total. The second-order valence-electron chi connectivity index (χ2n) is 7.87. The molecule has 0 aliphatic rings. The van der Waals surface area contributed by atoms with Gasteiger partial charge in [-0.2, -0.15) is 0 Å². The number of amides is 2. The van der Waals surface area contributed by atoms with Gasteiger partial charge in [-0.25, -0.2) is 0 Å². The molecular weight excluding hydrogens is 597 g/mol. The van der Waals surface area contributed by atoms with Gasteiger partial charge in [0.15, 0.2) is 11.0 Å². The van der Waals surface area contributed by atoms with E-state index in [1.165, 1.54) is 17.8 Å². The predicted molar refractivity (Wildman–Crippen MR) is 146 cm³/mol. The summed E-state index contributed by atoms with van der Waals surface area (Å²) < 4.78 is 2.59. The van der Waals surface area contributed by atoms with Crippen LogP contribution in [-0.4, -0.2) is 32.3 Å². The largest absolute Gasteiger partial charge is 0.342 e. The molecule has 186 valence electrons. The summed E-state index contributed by atoms with van der Waals surface area (Å²) in [4.78, 5) is 25.4. The number of hydrogen-bond acceptors (Lipinski definition) is 5. The molecule has 0 saturated carbocycles. The zero-order chi connectivity index (χ0) is 25.7. The Kier molecular flexibility index (Phi) is 9.89. The fourth-order valence-corrected chi connectivity index (χ4v) is 5.06. The van der Waals surface area contributed by atoms with Crippen LogP contribution in [0, 0.1) is 5.92 Å². The van der Waals surface area contributed by atoms with Gasteiger partial charge in [-0.15, -0.1) is 10.2 Å². The lowest BCUT2D eigenvalue weighted by Gasteiger charge is -2.22. The van der Waals surface area contributed by atoms with Crippen LogP contribution in [0.2, 0.25) is 15.1 Å². The topological polar surface area (TPSA) is 88.9 Å². The van der Waals surface area contributed by atoms with E-state index >= 15 is 0 Å². The number of thioether (sulfide) groups is 1. The molecule has 0 aliphatic heterocycles. The van der Waals surface area contributed by atoms with Gasteiger partial charge in [0.25, 0.3) is 5.91 Å². The Morgan fingerprint density at radius 3 is 2.46 bits per heavy atom. The van der Waals surface area contributed by atoms with Crippen molar-refractivity contribution in [1.29, 1.82) is 0 Å². The van der Waals surface area contributed by atoms with Gasteiger partial charge in [0.2, 0.25) is 5.91 Å². The van der Waals surface area contributed by atoms with Gasteiger partial charge < -0.3 is 15.2 Å². The van der Waals surface area contributed by atoms with Crippen molar-refractivity contribution in [3.05, 3.63) is 67.3 Å². The first-order valence-corrected chi connectivity index (χ1v) is 13.6. The number of carbonyl (C=O) groups is 2. The van der Waals surface area contributed by atoms with Crippen molar-refractivity contribution in [2.45, 2.75) is 38.5 Å². The molecule has 0 unspecified atom stereocenters. The second-order valence-corrected chi connectivity index (χ2v) is 10.9. The van der Waals surface area contributed by atoms with Crippen molar-refractivity contribution < 1.29 is 9.59 Å². The van der Waals surface area contributed by atoms with Crippen LogP contribution < -0.4 is 10.6 Å². The molecule has 0 radical (unpaired) electrons. The molecule has 0 spiro atoms. The molecule has 0 bridgehead atoms. The van der Waals surface area contributed by atoms with E-state index in [-0.39, 0.29) is 28.5 Å². The highest BCUT2D eigenvalue weighted by Gasteiger charge is 2.27. The molecule has 2 amide bonds. The number of rotatable bonds is 9. The molecule has 0 saturated heterocycles. The third-order valence-corrected chi connectivity index (χ3v) is 7.73. The highest BCUT2D eigenvalue weighted by molar-refractivity contribution is 9.10. The Balaban J connectivity index is 1.72. The summed E-state index contributed by atoms with van der Waals surface area (Å²) in [5.74, 6) is 0.230. The zero-order valence-electron chi connectivity index (χ0n) is 19.1. The molecule has 35 heavy (non-hydrogen) atoms. The molecule has 2 aromatic carbocycles. The van der Waals surface area contributed by atoms with Crippen LogP contribution in [0.1, 0.15) is 43.0 Å². The Morgan fingerprint density at radius 2 is 1.83 bits per heavy atom. The van der Waals surface area contributed by atoms with E-state index in [9.17, 15) is 9.59 Å². The molecular formula is C23H23BrCl3N5O2S. The van der Waals surface area contributed by atoms with Gasteiger partial charge in [-0.3, -0.25) is 9.59 Å². The van der Waals surface area contributed by atoms with Crippen LogP contribution in [0.3, 0.4) is 0 Å². The Morgan fingerprint density at radius 1 is 1.09 bits per heavy atom. The van der Waals surface area contributed by atoms with Crippen LogP contribution >= 0.6 is 62.5 Å². The highest BCUT2D eigenvalue weighted by atomic mass is 79.9. The maximum Gasteiger partial charge on any atom is 0.253 e. The van der Waals surface area contributed by atoms with Gasteiger partial charge in [0.1, 0.15) is 0 Å². The lowest BCUT2D eigenvalue weighted by molar-refractivity contribution is -0.113. The SMILES string of the molecule is CCn1c(SCC(=O)Nc2ccc(Cl)c(Br)c2)nnc1[C@@H](NC(=O)c1ccc(Cl)cc1Cl)C(C)C. The smallest absolute Gasteiger partial charge is 0.253 e. The average molecular weight is 620 g/mol. The Hall–Kier alpha value is -1.78. The standard InChI is InChI=1S/C23H23BrCl3N5O2S/c1-4-32-21(20(12(2)3)29-22(34)15-7-5-13(25)9-18(15)27)30-31-23(32)35-11-19(33)28-14-6-8-17(26)16(24)10-14/h5-10,12,20H,4,11H2,1-3H3,(H,28,33)(H,29,34)/t20-/m0/s1. The van der Waals surface area contributed by atoms with Crippen molar-refractivity contribution >= 4 is 80.0 Å². The predicted octanol–water partition coefficient (Wildman–Crippen LogP) is 6.88. The summed E-state index contributed by atoms with van der Waals surface area (Å²) in [6, 6.07) is 9.47. The molecule has 1 heterocycles. The molecule has 2 N–H and O–H groups in total. The number of aromatic nitrogens is 3. The fraction of sp³-hybridized carbons (Fsp3) is 0.304. The Bertz CT molecular complexity index is 1240. The number of nitrogens with one attached hydrogen (secondary N) is 2. The summed E-state index contributed by atoms with van der Waals surface area (Å²) in [5, 5.41) is 16.3. The van der Waals surface area contributed by atoms with E-state index in [1.807, 2.05) is 25.3 Å². The minimum absolute atomic E-state index is 0.0176. The maximum atomic E-state index is 12.9. The van der Waals surface area contributed by atoms with Crippen LogP contribution in [0.4, 0.5) is 5.69 Å². The van der Waals surface area contributed by atoms with Crippen molar-refractivity contribution in [3.8, 4) is 0 Å². The van der Waals surface area contributed by atoms with Gasteiger partial charge in [-0.1, -0.05) is 60.4 Å². The fourth-order valence-electron chi connectivity index (χ4n) is 3.26. The summed E-state index contributed by atoms with van der Waals surface area (Å²) in [7, 11) is 0. The van der Waals surface area contributed by atoms with E-state index in [4.69, 9.17) is 34.8 Å². The first-order valence-electron chi connectivity index (χ1n) is 10.7. The second kappa shape index (κ2) is 12.5. The van der Waals surface area contributed by atoms with E-state index in [0.29, 0.717) is 43.3 Å². The summed E-state index contributed by atoms with van der Waals surface area (Å²) in [5.41, 5.74) is 0.956. The number of anilines is 1. The quantitative estimate of drug-likeness (QED) is 0.255. The van der Waals surface area contributed by atoms with Gasteiger partial charge in [0, 0.05) is 21.7 Å². The normalized spacial score (nSPS) is 12.0. The Labute approximate surface area is 231 Å². The molecule has 12 heteroatoms. The minimum Gasteiger partial charge on any atom is -0.342 e. The molecule has 0 fully saturated rings. The van der Waals surface area contributed by atoms with Crippen molar-refractivity contribution in [1.82, 2.24) is 20.1 Å². The lowest BCUT2D eigenvalue weighted by atomic mass is 10.0. The maximum absolute atomic E-state index is 12.9. The number of benzene rings is 2. The lowest BCUT2D eigenvalue weighted by Crippen LogP contribution is -2.34. The van der Waals surface area contributed by atoms with Gasteiger partial charge in [0.05, 0.1) is 27.4 Å². The number of carbonyl (C=O) groups excluding carboxylic acids is 2. The van der Waals surface area contributed by atoms with E-state index in [2.05, 4.69) is 36.8 Å². The monoisotopic (exact) mass is 617 g/mol. The average Bonchev–Trinajstić information content (AvgIpc) is 3.20. The third-order valence-electron chi connectivity index (χ3n) is 5.00. The zero-order valence-corrected chi connectivity index (χ0v) is 23.8. The molecule has 1 aromatic heterocycles. The summed E-state index contributed by atoms with van der Waals surface area (Å²) in [6.07, 6.45) is 0. The van der Waals surface area contributed by atoms with Crippen LogP contribution in [0.5, 0.6) is 0 Å². The first kappa shape index (κ1) is 27.8. The van der Waals surface area contributed by atoms with Crippen molar-refractivity contribution in [3.63, 3.8) is 0 Å². The summed E-state index contributed by atoms with van der Waals surface area (Å²) in [6.45, 7) is 6.48. The van der Waals surface area contributed by atoms with Crippen LogP contribution in [0.25, 0.3) is 0 Å². The molecule has 3 rings (SSSR count). The van der Waals surface area contributed by atoms with Crippen molar-refractivity contribution in [2.24, 2.45) is 5.92 Å². The van der Waals surface area contributed by atoms with Crippen molar-refractivity contribution in [2.75, 3.05) is 11.1 Å². The number of nitrogens with zero attached hydrogens (tertiary/aromatic N) is 3. The molecule has 3 aromatic rings. The first-order chi connectivity index (χ1) is 16.6. The van der Waals surface area contributed by atoms with E-state index in [0.717, 1.165) is 0 Å². The van der Waals surface area contributed by atoms with E-state index < -0.39 is 6.04 Å². The summed E-state index contributed by atoms with van der Waals surface area (Å²) >= 11 is 22.8. The van der Waals surface area contributed by atoms with Crippen LogP contribution in [0.15, 0.2) is 46.0 Å². The highest BCUT2D eigenvalue weighted by Crippen LogP contribution is 2.28. The molecule has 1 atom stereocenters. The van der Waals surface area contributed by atoms with Gasteiger partial charge in [-0.05, 0) is 65.2 Å². The molecule has 0 aliphatic carbocycles. The van der Waals surface area contributed by atoms with E-state index in [1.54, 1.807) is 30.3 Å².